The molecule has 27 heavy (non-hydrogen) atoms. The maximum absolute atomic E-state index is 6.23. The predicted molar refractivity (Wildman–Crippen MR) is 116 cm³/mol. The fraction of sp³-hybridized carbons (Fsp3) is 0.235. The molecule has 0 bridgehead atoms. The Morgan fingerprint density at radius 2 is 2.07 bits per heavy atom. The molecule has 1 aromatic carbocycles. The van der Waals surface area contributed by atoms with Crippen molar-refractivity contribution >= 4 is 62.3 Å². The molecule has 0 aliphatic heterocycles. The van der Waals surface area contributed by atoms with E-state index < -0.39 is 0 Å². The van der Waals surface area contributed by atoms with Crippen molar-refractivity contribution in [3.8, 4) is 0 Å². The van der Waals surface area contributed by atoms with E-state index in [1.54, 1.807) is 16.8 Å². The fourth-order valence-corrected chi connectivity index (χ4v) is 3.44. The van der Waals surface area contributed by atoms with Gasteiger partial charge in [0.15, 0.2) is 10.9 Å². The van der Waals surface area contributed by atoms with Gasteiger partial charge in [0.05, 0.1) is 17.2 Å². The third-order valence-electron chi connectivity index (χ3n) is 3.76. The van der Waals surface area contributed by atoms with E-state index in [2.05, 4.69) is 36.8 Å². The molecular weight excluding hydrogens is 471 g/mol. The third kappa shape index (κ3) is 5.44. The summed E-state index contributed by atoms with van der Waals surface area (Å²) in [7, 11) is 0. The van der Waals surface area contributed by atoms with Crippen molar-refractivity contribution in [2.75, 3.05) is 5.32 Å². The largest absolute Gasteiger partial charge is 0.358 e. The standard InChI is InChI=1S/C17H17BrCl2N6S/c1-2-25-8-11(7-22-25)6-21-17(27)23-16-14(18)10-26(24-16)9-12-3-4-13(19)5-15(12)20/h3-5,7-8,10H,2,6,9H2,1H3,(H2,21,23,24,27). The second kappa shape index (κ2) is 9.05. The minimum Gasteiger partial charge on any atom is -0.358 e. The minimum atomic E-state index is 0.481. The van der Waals surface area contributed by atoms with Crippen LogP contribution in [0.15, 0.2) is 41.3 Å². The third-order valence-corrected chi connectivity index (χ3v) is 5.17. The summed E-state index contributed by atoms with van der Waals surface area (Å²) in [5.74, 6) is 0.627. The van der Waals surface area contributed by atoms with Crippen molar-refractivity contribution in [2.45, 2.75) is 26.6 Å². The summed E-state index contributed by atoms with van der Waals surface area (Å²) >= 11 is 21.0. The lowest BCUT2D eigenvalue weighted by Gasteiger charge is -2.08. The molecule has 0 spiro atoms. The molecule has 2 aromatic heterocycles. The summed E-state index contributed by atoms with van der Waals surface area (Å²) in [6, 6.07) is 5.41. The van der Waals surface area contributed by atoms with Gasteiger partial charge in [-0.1, -0.05) is 29.3 Å². The van der Waals surface area contributed by atoms with E-state index in [1.165, 1.54) is 0 Å². The molecule has 0 aliphatic rings. The van der Waals surface area contributed by atoms with E-state index in [1.807, 2.05) is 36.3 Å². The van der Waals surface area contributed by atoms with Crippen molar-refractivity contribution in [1.29, 1.82) is 0 Å². The molecular formula is C17H17BrCl2N6S. The Morgan fingerprint density at radius 3 is 2.78 bits per heavy atom. The number of hydrogen-bond acceptors (Lipinski definition) is 3. The van der Waals surface area contributed by atoms with Crippen molar-refractivity contribution in [3.05, 3.63) is 62.4 Å². The van der Waals surface area contributed by atoms with E-state index in [9.17, 15) is 0 Å². The number of rotatable bonds is 6. The number of nitrogens with one attached hydrogen (secondary N) is 2. The molecule has 0 saturated heterocycles. The second-order valence-corrected chi connectivity index (χ2v) is 7.88. The molecule has 0 unspecified atom stereocenters. The summed E-state index contributed by atoms with van der Waals surface area (Å²) < 4.78 is 4.44. The first-order valence-electron chi connectivity index (χ1n) is 8.17. The van der Waals surface area contributed by atoms with E-state index in [0.29, 0.717) is 34.1 Å². The topological polar surface area (TPSA) is 59.7 Å². The second-order valence-electron chi connectivity index (χ2n) is 5.77. The van der Waals surface area contributed by atoms with E-state index >= 15 is 0 Å². The predicted octanol–water partition coefficient (Wildman–Crippen LogP) is 4.70. The van der Waals surface area contributed by atoms with Gasteiger partial charge < -0.3 is 10.6 Å². The van der Waals surface area contributed by atoms with Crippen LogP contribution in [0.2, 0.25) is 10.0 Å². The highest BCUT2D eigenvalue weighted by molar-refractivity contribution is 9.10. The molecule has 0 amide bonds. The zero-order valence-electron chi connectivity index (χ0n) is 14.4. The molecule has 0 atom stereocenters. The van der Waals surface area contributed by atoms with Gasteiger partial charge in [0.1, 0.15) is 0 Å². The van der Waals surface area contributed by atoms with Crippen LogP contribution in [0, 0.1) is 0 Å². The molecule has 142 valence electrons. The number of anilines is 1. The Labute approximate surface area is 181 Å². The van der Waals surface area contributed by atoms with Crippen LogP contribution in [0.25, 0.3) is 0 Å². The molecule has 0 fully saturated rings. The zero-order valence-corrected chi connectivity index (χ0v) is 18.3. The van der Waals surface area contributed by atoms with Gasteiger partial charge in [0.2, 0.25) is 0 Å². The number of nitrogens with zero attached hydrogens (tertiary/aromatic N) is 4. The molecule has 6 nitrogen and oxygen atoms in total. The van der Waals surface area contributed by atoms with Crippen molar-refractivity contribution < 1.29 is 0 Å². The number of hydrogen-bond donors (Lipinski definition) is 2. The molecule has 3 rings (SSSR count). The van der Waals surface area contributed by atoms with Crippen molar-refractivity contribution in [2.24, 2.45) is 0 Å². The summed E-state index contributed by atoms with van der Waals surface area (Å²) in [5.41, 5.74) is 1.99. The Bertz CT molecular complexity index is 955. The first-order valence-corrected chi connectivity index (χ1v) is 10.1. The molecule has 2 N–H and O–H groups in total. The summed E-state index contributed by atoms with van der Waals surface area (Å²) in [6.45, 7) is 3.99. The van der Waals surface area contributed by atoms with Crippen LogP contribution in [-0.2, 0) is 19.6 Å². The van der Waals surface area contributed by atoms with Gasteiger partial charge in [0, 0.05) is 41.1 Å². The fourth-order valence-electron chi connectivity index (χ4n) is 2.39. The number of aryl methyl sites for hydroxylation is 1. The smallest absolute Gasteiger partial charge is 0.172 e. The number of benzene rings is 1. The van der Waals surface area contributed by atoms with Crippen LogP contribution in [0.1, 0.15) is 18.1 Å². The van der Waals surface area contributed by atoms with Crippen LogP contribution in [0.4, 0.5) is 5.82 Å². The summed E-state index contributed by atoms with van der Waals surface area (Å²) in [6.07, 6.45) is 5.66. The SMILES string of the molecule is CCn1cc(CNC(=S)Nc2nn(Cc3ccc(Cl)cc3Cl)cc2Br)cn1. The lowest BCUT2D eigenvalue weighted by Crippen LogP contribution is -2.28. The average molecular weight is 488 g/mol. The van der Waals surface area contributed by atoms with E-state index in [-0.39, 0.29) is 0 Å². The van der Waals surface area contributed by atoms with Crippen molar-refractivity contribution in [1.82, 2.24) is 24.9 Å². The Kier molecular flexibility index (Phi) is 6.75. The quantitative estimate of drug-likeness (QED) is 0.493. The van der Waals surface area contributed by atoms with Crippen LogP contribution < -0.4 is 10.6 Å². The number of thiocarbonyl (C=S) groups is 1. The summed E-state index contributed by atoms with van der Waals surface area (Å²) in [5, 5.41) is 16.7. The molecule has 10 heteroatoms. The normalized spacial score (nSPS) is 10.8. The average Bonchev–Trinajstić information content (AvgIpc) is 3.22. The van der Waals surface area contributed by atoms with Gasteiger partial charge in [-0.25, -0.2) is 0 Å². The van der Waals surface area contributed by atoms with Gasteiger partial charge in [-0.2, -0.15) is 10.2 Å². The van der Waals surface area contributed by atoms with Gasteiger partial charge in [-0.3, -0.25) is 9.36 Å². The van der Waals surface area contributed by atoms with Crippen LogP contribution in [0.3, 0.4) is 0 Å². The molecule has 0 radical (unpaired) electrons. The summed E-state index contributed by atoms with van der Waals surface area (Å²) in [4.78, 5) is 0. The highest BCUT2D eigenvalue weighted by Crippen LogP contribution is 2.24. The maximum Gasteiger partial charge on any atom is 0.172 e. The lowest BCUT2D eigenvalue weighted by molar-refractivity contribution is 0.659. The van der Waals surface area contributed by atoms with Gasteiger partial charge in [-0.05, 0) is 52.8 Å². The highest BCUT2D eigenvalue weighted by Gasteiger charge is 2.10. The van der Waals surface area contributed by atoms with E-state index in [0.717, 1.165) is 22.1 Å². The van der Waals surface area contributed by atoms with Crippen LogP contribution in [0.5, 0.6) is 0 Å². The van der Waals surface area contributed by atoms with E-state index in [4.69, 9.17) is 35.4 Å². The first kappa shape index (κ1) is 20.1. The molecule has 0 aliphatic carbocycles. The minimum absolute atomic E-state index is 0.481. The lowest BCUT2D eigenvalue weighted by atomic mass is 10.2. The zero-order chi connectivity index (χ0) is 19.4. The monoisotopic (exact) mass is 486 g/mol. The van der Waals surface area contributed by atoms with Gasteiger partial charge in [-0.15, -0.1) is 0 Å². The van der Waals surface area contributed by atoms with Gasteiger partial charge in [0.25, 0.3) is 0 Å². The van der Waals surface area contributed by atoms with Crippen LogP contribution in [-0.4, -0.2) is 24.7 Å². The van der Waals surface area contributed by atoms with Crippen molar-refractivity contribution in [3.63, 3.8) is 0 Å². The highest BCUT2D eigenvalue weighted by atomic mass is 79.9. The Hall–Kier alpha value is -1.61. The van der Waals surface area contributed by atoms with Gasteiger partial charge >= 0.3 is 0 Å². The Morgan fingerprint density at radius 1 is 1.26 bits per heavy atom. The number of aromatic nitrogens is 4. The van der Waals surface area contributed by atoms with Crippen LogP contribution >= 0.6 is 51.3 Å². The molecule has 0 saturated carbocycles. The first-order chi connectivity index (χ1) is 12.9. The molecule has 2 heterocycles. The maximum atomic E-state index is 6.23. The molecule has 3 aromatic rings. The number of halogens is 3. The Balaban J connectivity index is 1.59.